The van der Waals surface area contributed by atoms with Crippen LogP contribution in [-0.4, -0.2) is 21.1 Å². The molecule has 6 heteroatoms. The molecular formula is C12H13IN4O. The largest absolute Gasteiger partial charge is 0.370 e. The van der Waals surface area contributed by atoms with Gasteiger partial charge in [-0.25, -0.2) is 9.97 Å². The Labute approximate surface area is 118 Å². The van der Waals surface area contributed by atoms with Gasteiger partial charge in [0.2, 0.25) is 0 Å². The Bertz CT molecular complexity index is 597. The Morgan fingerprint density at radius 1 is 1.50 bits per heavy atom. The van der Waals surface area contributed by atoms with Crippen LogP contribution in [0.4, 0.5) is 5.82 Å². The lowest BCUT2D eigenvalue weighted by Crippen LogP contribution is -2.23. The fourth-order valence-corrected chi connectivity index (χ4v) is 2.05. The molecule has 0 saturated carbocycles. The number of aromatic nitrogens is 3. The predicted octanol–water partition coefficient (Wildman–Crippen LogP) is 1.72. The van der Waals surface area contributed by atoms with Crippen molar-refractivity contribution >= 4 is 28.4 Å². The number of pyridine rings is 1. The lowest BCUT2D eigenvalue weighted by Gasteiger charge is -2.07. The normalized spacial score (nSPS) is 10.3. The van der Waals surface area contributed by atoms with E-state index in [0.29, 0.717) is 10.1 Å². The lowest BCUT2D eigenvalue weighted by molar-refractivity contribution is 0.729. The van der Waals surface area contributed by atoms with E-state index in [1.165, 1.54) is 0 Å². The Morgan fingerprint density at radius 3 is 3.11 bits per heavy atom. The Balaban J connectivity index is 2.26. The molecule has 0 aromatic carbocycles. The molecule has 2 aromatic rings. The molecule has 2 rings (SSSR count). The topological polar surface area (TPSA) is 59.8 Å². The first kappa shape index (κ1) is 13.0. The molecular weight excluding hydrogens is 343 g/mol. The summed E-state index contributed by atoms with van der Waals surface area (Å²) in [5.74, 6) is 0.821. The molecule has 0 aliphatic carbocycles. The van der Waals surface area contributed by atoms with Crippen LogP contribution in [0.15, 0.2) is 35.6 Å². The summed E-state index contributed by atoms with van der Waals surface area (Å²) in [5.41, 5.74) is 0.999. The van der Waals surface area contributed by atoms with E-state index in [0.717, 1.165) is 17.9 Å². The highest BCUT2D eigenvalue weighted by Crippen LogP contribution is 2.07. The van der Waals surface area contributed by atoms with Crippen LogP contribution in [-0.2, 0) is 6.54 Å². The molecule has 0 atom stereocenters. The third kappa shape index (κ3) is 3.06. The van der Waals surface area contributed by atoms with Crippen LogP contribution in [0.25, 0.3) is 0 Å². The second-order valence-corrected chi connectivity index (χ2v) is 4.92. The molecule has 2 heterocycles. The number of hydrogen-bond donors (Lipinski definition) is 1. The maximum absolute atomic E-state index is 11.9. The summed E-state index contributed by atoms with van der Waals surface area (Å²) in [5, 5.41) is 3.14. The highest BCUT2D eigenvalue weighted by Gasteiger charge is 2.02. The molecule has 0 amide bonds. The van der Waals surface area contributed by atoms with Gasteiger partial charge in [-0.2, -0.15) is 0 Å². The monoisotopic (exact) mass is 356 g/mol. The molecule has 0 fully saturated rings. The van der Waals surface area contributed by atoms with Crippen LogP contribution in [0.3, 0.4) is 0 Å². The summed E-state index contributed by atoms with van der Waals surface area (Å²) in [4.78, 5) is 20.1. The number of halogens is 1. The number of anilines is 1. The van der Waals surface area contributed by atoms with Crippen molar-refractivity contribution in [3.63, 3.8) is 0 Å². The molecule has 94 valence electrons. The van der Waals surface area contributed by atoms with Crippen molar-refractivity contribution < 1.29 is 0 Å². The zero-order valence-corrected chi connectivity index (χ0v) is 12.1. The zero-order valence-electron chi connectivity index (χ0n) is 9.93. The van der Waals surface area contributed by atoms with E-state index in [2.05, 4.69) is 15.3 Å². The van der Waals surface area contributed by atoms with Gasteiger partial charge in [-0.15, -0.1) is 0 Å². The third-order valence-electron chi connectivity index (χ3n) is 2.39. The Hall–Kier alpha value is -1.44. The second kappa shape index (κ2) is 5.94. The minimum atomic E-state index is -0.0209. The van der Waals surface area contributed by atoms with Crippen molar-refractivity contribution in [2.45, 2.75) is 13.5 Å². The summed E-state index contributed by atoms with van der Waals surface area (Å²) in [7, 11) is 0. The predicted molar refractivity (Wildman–Crippen MR) is 78.7 cm³/mol. The van der Waals surface area contributed by atoms with Crippen molar-refractivity contribution in [1.29, 1.82) is 0 Å². The summed E-state index contributed by atoms with van der Waals surface area (Å²) in [6.45, 7) is 3.34. The van der Waals surface area contributed by atoms with Crippen LogP contribution in [0, 0.1) is 3.57 Å². The van der Waals surface area contributed by atoms with Crippen molar-refractivity contribution in [2.24, 2.45) is 0 Å². The Kier molecular flexibility index (Phi) is 4.29. The average Bonchev–Trinajstić information content (AvgIpc) is 2.36. The van der Waals surface area contributed by atoms with Crippen molar-refractivity contribution in [1.82, 2.24) is 14.5 Å². The van der Waals surface area contributed by atoms with Crippen molar-refractivity contribution in [3.05, 3.63) is 50.3 Å². The summed E-state index contributed by atoms with van der Waals surface area (Å²) < 4.78 is 2.21. The molecule has 0 unspecified atom stereocenters. The number of nitrogens with zero attached hydrogens (tertiary/aromatic N) is 3. The van der Waals surface area contributed by atoms with Gasteiger partial charge < -0.3 is 5.32 Å². The van der Waals surface area contributed by atoms with E-state index in [1.54, 1.807) is 23.3 Å². The fraction of sp³-hybridized carbons (Fsp3) is 0.250. The first-order valence-corrected chi connectivity index (χ1v) is 6.67. The SMILES string of the molecule is CCNc1cc(Cn2cncc(I)c2=O)ccn1. The van der Waals surface area contributed by atoms with E-state index in [4.69, 9.17) is 0 Å². The van der Waals surface area contributed by atoms with Crippen LogP contribution in [0.2, 0.25) is 0 Å². The van der Waals surface area contributed by atoms with Crippen LogP contribution in [0.1, 0.15) is 12.5 Å². The van der Waals surface area contributed by atoms with E-state index >= 15 is 0 Å². The summed E-state index contributed by atoms with van der Waals surface area (Å²) >= 11 is 1.99. The molecule has 0 bridgehead atoms. The number of hydrogen-bond acceptors (Lipinski definition) is 4. The first-order valence-electron chi connectivity index (χ1n) is 5.59. The molecule has 18 heavy (non-hydrogen) atoms. The first-order chi connectivity index (χ1) is 8.70. The van der Waals surface area contributed by atoms with Crippen LogP contribution >= 0.6 is 22.6 Å². The van der Waals surface area contributed by atoms with Crippen molar-refractivity contribution in [2.75, 3.05) is 11.9 Å². The van der Waals surface area contributed by atoms with Gasteiger partial charge in [0.15, 0.2) is 0 Å². The third-order valence-corrected chi connectivity index (χ3v) is 3.13. The molecule has 0 radical (unpaired) electrons. The lowest BCUT2D eigenvalue weighted by atomic mass is 10.2. The van der Waals surface area contributed by atoms with Gasteiger partial charge in [0.25, 0.3) is 5.56 Å². The quantitative estimate of drug-likeness (QED) is 0.848. The van der Waals surface area contributed by atoms with E-state index in [9.17, 15) is 4.79 Å². The summed E-state index contributed by atoms with van der Waals surface area (Å²) in [6, 6.07) is 3.84. The highest BCUT2D eigenvalue weighted by molar-refractivity contribution is 14.1. The molecule has 0 aliphatic heterocycles. The number of nitrogens with one attached hydrogen (secondary N) is 1. The van der Waals surface area contributed by atoms with Gasteiger partial charge in [0, 0.05) is 18.9 Å². The molecule has 0 saturated heterocycles. The summed E-state index contributed by atoms with van der Waals surface area (Å²) in [6.07, 6.45) is 4.85. The molecule has 1 N–H and O–H groups in total. The van der Waals surface area contributed by atoms with Gasteiger partial charge >= 0.3 is 0 Å². The van der Waals surface area contributed by atoms with E-state index < -0.39 is 0 Å². The smallest absolute Gasteiger partial charge is 0.267 e. The minimum absolute atomic E-state index is 0.0209. The molecule has 5 nitrogen and oxygen atoms in total. The van der Waals surface area contributed by atoms with E-state index in [1.807, 2.05) is 41.6 Å². The minimum Gasteiger partial charge on any atom is -0.370 e. The molecule has 2 aromatic heterocycles. The van der Waals surface area contributed by atoms with Crippen LogP contribution in [0.5, 0.6) is 0 Å². The number of rotatable bonds is 4. The van der Waals surface area contributed by atoms with Gasteiger partial charge in [-0.3, -0.25) is 9.36 Å². The van der Waals surface area contributed by atoms with E-state index in [-0.39, 0.29) is 5.56 Å². The fourth-order valence-electron chi connectivity index (χ4n) is 1.58. The van der Waals surface area contributed by atoms with Crippen molar-refractivity contribution in [3.8, 4) is 0 Å². The average molecular weight is 356 g/mol. The molecule has 0 aliphatic rings. The second-order valence-electron chi connectivity index (χ2n) is 3.75. The maximum atomic E-state index is 11.9. The molecule has 0 spiro atoms. The highest BCUT2D eigenvalue weighted by atomic mass is 127. The van der Waals surface area contributed by atoms with Gasteiger partial charge in [-0.1, -0.05) is 0 Å². The van der Waals surface area contributed by atoms with Gasteiger partial charge in [0.1, 0.15) is 5.82 Å². The zero-order chi connectivity index (χ0) is 13.0. The maximum Gasteiger partial charge on any atom is 0.267 e. The van der Waals surface area contributed by atoms with Gasteiger partial charge in [-0.05, 0) is 47.2 Å². The van der Waals surface area contributed by atoms with Gasteiger partial charge in [0.05, 0.1) is 16.4 Å². The standard InChI is InChI=1S/C12H13IN4O/c1-2-15-11-5-9(3-4-16-11)7-17-8-14-6-10(13)12(17)18/h3-6,8H,2,7H2,1H3,(H,15,16). The van der Waals surface area contributed by atoms with Crippen LogP contribution < -0.4 is 10.9 Å². The Morgan fingerprint density at radius 2 is 2.33 bits per heavy atom.